The number of carbonyl (C=O) groups is 1. The second kappa shape index (κ2) is 54.3. The summed E-state index contributed by atoms with van der Waals surface area (Å²) in [6, 6.07) is -0.831. The maximum absolute atomic E-state index is 13.3. The van der Waals surface area contributed by atoms with Gasteiger partial charge in [0.15, 0.2) is 12.6 Å². The van der Waals surface area contributed by atoms with Gasteiger partial charge < -0.3 is 65.1 Å². The van der Waals surface area contributed by atoms with Crippen molar-refractivity contribution in [2.24, 2.45) is 0 Å². The zero-order valence-electron chi connectivity index (χ0n) is 52.6. The van der Waals surface area contributed by atoms with E-state index in [-0.39, 0.29) is 12.5 Å². The molecule has 2 saturated heterocycles. The van der Waals surface area contributed by atoms with Crippen LogP contribution in [0.5, 0.6) is 0 Å². The van der Waals surface area contributed by atoms with Crippen LogP contribution in [0.4, 0.5) is 0 Å². The molecule has 2 rings (SSSR count). The smallest absolute Gasteiger partial charge is 0.220 e. The maximum atomic E-state index is 13.3. The number of aliphatic hydroxyl groups excluding tert-OH is 8. The lowest BCUT2D eigenvalue weighted by molar-refractivity contribution is -0.359. The molecular weight excluding hydrogens is 1060 g/mol. The number of hydrogen-bond donors (Lipinski definition) is 9. The lowest BCUT2D eigenvalue weighted by atomic mass is 9.97. The molecule has 0 radical (unpaired) electrons. The second-order valence-electron chi connectivity index (χ2n) is 23.6. The van der Waals surface area contributed by atoms with E-state index >= 15 is 0 Å². The Hall–Kier alpha value is -2.83. The number of nitrogens with one attached hydrogen (secondary N) is 1. The van der Waals surface area contributed by atoms with Gasteiger partial charge in [-0.05, 0) is 70.6 Å². The molecule has 0 bridgehead atoms. The second-order valence-corrected chi connectivity index (χ2v) is 23.6. The van der Waals surface area contributed by atoms with Gasteiger partial charge in [-0.1, -0.05) is 266 Å². The average Bonchev–Trinajstić information content (AvgIpc) is 2.58. The first-order valence-corrected chi connectivity index (χ1v) is 33.8. The van der Waals surface area contributed by atoms with Gasteiger partial charge in [-0.3, -0.25) is 4.79 Å². The Labute approximate surface area is 510 Å². The van der Waals surface area contributed by atoms with Gasteiger partial charge >= 0.3 is 0 Å². The fourth-order valence-corrected chi connectivity index (χ4v) is 10.7. The van der Waals surface area contributed by atoms with Crippen molar-refractivity contribution in [3.8, 4) is 0 Å². The summed E-state index contributed by atoms with van der Waals surface area (Å²) >= 11 is 0. The van der Waals surface area contributed by atoms with Gasteiger partial charge in [-0.2, -0.15) is 0 Å². The van der Waals surface area contributed by atoms with E-state index < -0.39 is 86.8 Å². The van der Waals surface area contributed by atoms with Crippen LogP contribution in [0.2, 0.25) is 0 Å². The molecule has 14 nitrogen and oxygen atoms in total. The van der Waals surface area contributed by atoms with E-state index in [9.17, 15) is 45.6 Å². The van der Waals surface area contributed by atoms with Crippen molar-refractivity contribution in [1.82, 2.24) is 5.32 Å². The Bertz CT molecular complexity index is 1730. The summed E-state index contributed by atoms with van der Waals surface area (Å²) in [5, 5.41) is 87.3. The fraction of sp³-hybridized carbons (Fsp3) is 0.786. The van der Waals surface area contributed by atoms with E-state index in [4.69, 9.17) is 18.9 Å². The Morgan fingerprint density at radius 2 is 0.821 bits per heavy atom. The SMILES string of the molecule is CC/C=C\C/C=C\C/C=C\C/C=C\C/C=C\C/C=C\C/C=C\CCCCCCCCCCCCCCCCCC(=O)NC(COC1OC(CO)C(OC2OC(CO)C(O)C(O)C2O)C(O)C1O)C(O)CCCCCCCCCCCCCCC. The Balaban J connectivity index is 1.60. The van der Waals surface area contributed by atoms with E-state index in [0.717, 1.165) is 96.3 Å². The normalized spacial score (nSPS) is 24.2. The number of aliphatic hydroxyl groups is 8. The highest BCUT2D eigenvalue weighted by Crippen LogP contribution is 2.30. The van der Waals surface area contributed by atoms with Gasteiger partial charge in [0, 0.05) is 6.42 Å². The first kappa shape index (κ1) is 77.3. The minimum atomic E-state index is -1.78. The van der Waals surface area contributed by atoms with Crippen molar-refractivity contribution in [2.45, 2.75) is 331 Å². The summed E-state index contributed by atoms with van der Waals surface area (Å²) in [6.07, 6.45) is 57.5. The maximum Gasteiger partial charge on any atom is 0.220 e. The molecule has 486 valence electrons. The molecule has 0 saturated carbocycles. The number of hydrogen-bond acceptors (Lipinski definition) is 13. The molecule has 0 aromatic carbocycles. The highest BCUT2D eigenvalue weighted by Gasteiger charge is 2.51. The molecule has 2 heterocycles. The average molecular weight is 1190 g/mol. The Morgan fingerprint density at radius 3 is 1.26 bits per heavy atom. The largest absolute Gasteiger partial charge is 0.394 e. The molecule has 2 aliphatic heterocycles. The Kier molecular flexibility index (Phi) is 50.0. The zero-order valence-corrected chi connectivity index (χ0v) is 52.6. The van der Waals surface area contributed by atoms with Crippen LogP contribution in [0.1, 0.15) is 258 Å². The van der Waals surface area contributed by atoms with Crippen LogP contribution in [-0.2, 0) is 23.7 Å². The van der Waals surface area contributed by atoms with Gasteiger partial charge in [0.1, 0.15) is 48.8 Å². The highest BCUT2D eigenvalue weighted by molar-refractivity contribution is 5.76. The minimum absolute atomic E-state index is 0.208. The van der Waals surface area contributed by atoms with Crippen molar-refractivity contribution in [1.29, 1.82) is 0 Å². The van der Waals surface area contributed by atoms with Crippen LogP contribution < -0.4 is 5.32 Å². The topological polar surface area (TPSA) is 228 Å². The summed E-state index contributed by atoms with van der Waals surface area (Å²) in [6.45, 7) is 2.75. The molecule has 0 aliphatic carbocycles. The summed E-state index contributed by atoms with van der Waals surface area (Å²) < 4.78 is 22.9. The van der Waals surface area contributed by atoms with Crippen molar-refractivity contribution < 1.29 is 64.6 Å². The third-order valence-corrected chi connectivity index (χ3v) is 16.1. The van der Waals surface area contributed by atoms with E-state index in [0.29, 0.717) is 12.8 Å². The van der Waals surface area contributed by atoms with Crippen LogP contribution in [0.15, 0.2) is 85.1 Å². The number of ether oxygens (including phenoxy) is 4. The number of carbonyl (C=O) groups excluding carboxylic acids is 1. The highest BCUT2D eigenvalue weighted by atomic mass is 16.7. The molecule has 9 N–H and O–H groups in total. The van der Waals surface area contributed by atoms with E-state index in [2.05, 4.69) is 104 Å². The standard InChI is InChI=1S/C70H123NO13/c1-3-5-7-9-11-13-15-17-18-19-20-21-22-23-24-25-26-27-28-29-30-31-32-33-34-35-36-37-38-39-40-42-44-46-48-50-52-54-62(75)71-58(59(74)53-51-49-47-45-43-41-16-14-12-10-8-6-4-2)57-81-69-67(80)65(78)68(61(56-73)83-69)84-70-66(79)64(77)63(76)60(55-72)82-70/h5,7,11,13,17-18,20-21,23-24,26-27,29-30,58-61,63-70,72-74,76-80H,3-4,6,8-10,12,14-16,19,22,25,28,31-57H2,1-2H3,(H,71,75)/b7-5-,13-11-,18-17-,21-20-,24-23-,27-26-,30-29-. The lowest BCUT2D eigenvalue weighted by Crippen LogP contribution is -2.65. The molecule has 0 aromatic heterocycles. The number of rotatable bonds is 54. The third kappa shape index (κ3) is 38.4. The molecule has 2 aliphatic rings. The summed E-state index contributed by atoms with van der Waals surface area (Å²) in [5.41, 5.74) is 0. The van der Waals surface area contributed by atoms with Gasteiger partial charge in [-0.25, -0.2) is 0 Å². The molecular formula is C70H123NO13. The van der Waals surface area contributed by atoms with E-state index in [1.165, 1.54) is 135 Å². The number of allylic oxidation sites excluding steroid dienone is 14. The third-order valence-electron chi connectivity index (χ3n) is 16.1. The summed E-state index contributed by atoms with van der Waals surface area (Å²) in [7, 11) is 0. The van der Waals surface area contributed by atoms with Gasteiger partial charge in [0.2, 0.25) is 5.91 Å². The van der Waals surface area contributed by atoms with Crippen LogP contribution in [-0.4, -0.2) is 140 Å². The number of unbranched alkanes of at least 4 members (excludes halogenated alkanes) is 27. The monoisotopic (exact) mass is 1190 g/mol. The number of amides is 1. The van der Waals surface area contributed by atoms with E-state index in [1.54, 1.807) is 0 Å². The van der Waals surface area contributed by atoms with Crippen LogP contribution in [0.25, 0.3) is 0 Å². The quantitative estimate of drug-likeness (QED) is 0.0204. The fourth-order valence-electron chi connectivity index (χ4n) is 10.7. The van der Waals surface area contributed by atoms with E-state index in [1.807, 2.05) is 0 Å². The molecule has 1 amide bonds. The summed E-state index contributed by atoms with van der Waals surface area (Å²) in [5.74, 6) is -0.208. The van der Waals surface area contributed by atoms with Crippen LogP contribution in [0.3, 0.4) is 0 Å². The van der Waals surface area contributed by atoms with Gasteiger partial charge in [0.25, 0.3) is 0 Å². The van der Waals surface area contributed by atoms with Crippen molar-refractivity contribution in [2.75, 3.05) is 19.8 Å². The van der Waals surface area contributed by atoms with Crippen molar-refractivity contribution in [3.63, 3.8) is 0 Å². The van der Waals surface area contributed by atoms with Crippen LogP contribution >= 0.6 is 0 Å². The molecule has 84 heavy (non-hydrogen) atoms. The molecule has 12 unspecified atom stereocenters. The molecule has 12 atom stereocenters. The first-order chi connectivity index (χ1) is 41.1. The predicted molar refractivity (Wildman–Crippen MR) is 341 cm³/mol. The predicted octanol–water partition coefficient (Wildman–Crippen LogP) is 13.2. The van der Waals surface area contributed by atoms with Gasteiger partial charge in [-0.15, -0.1) is 0 Å². The minimum Gasteiger partial charge on any atom is -0.394 e. The first-order valence-electron chi connectivity index (χ1n) is 33.8. The molecule has 14 heteroatoms. The molecule has 0 spiro atoms. The van der Waals surface area contributed by atoms with Gasteiger partial charge in [0.05, 0.1) is 32.0 Å². The molecule has 2 fully saturated rings. The van der Waals surface area contributed by atoms with Crippen molar-refractivity contribution >= 4 is 5.91 Å². The summed E-state index contributed by atoms with van der Waals surface area (Å²) in [4.78, 5) is 13.3. The van der Waals surface area contributed by atoms with Crippen molar-refractivity contribution in [3.05, 3.63) is 85.1 Å². The Morgan fingerprint density at radius 1 is 0.440 bits per heavy atom. The zero-order chi connectivity index (χ0) is 60.9. The molecule has 0 aromatic rings. The lowest BCUT2D eigenvalue weighted by Gasteiger charge is -2.46. The van der Waals surface area contributed by atoms with Crippen LogP contribution in [0, 0.1) is 0 Å².